The van der Waals surface area contributed by atoms with E-state index < -0.39 is 5.82 Å². The number of halogens is 1. The molecule has 2 heterocycles. The molecule has 1 aliphatic carbocycles. The quantitative estimate of drug-likeness (QED) is 0.572. The number of phenols is 1. The molecule has 0 saturated heterocycles. The van der Waals surface area contributed by atoms with E-state index in [-0.39, 0.29) is 17.5 Å². The van der Waals surface area contributed by atoms with E-state index in [1.807, 2.05) is 12.1 Å². The van der Waals surface area contributed by atoms with Crippen molar-refractivity contribution < 1.29 is 9.50 Å². The zero-order valence-corrected chi connectivity index (χ0v) is 14.3. The smallest absolute Gasteiger partial charge is 0.153 e. The molecule has 1 unspecified atom stereocenters. The number of benzene rings is 2. The van der Waals surface area contributed by atoms with E-state index in [0.29, 0.717) is 16.8 Å². The minimum absolute atomic E-state index is 0.0684. The lowest BCUT2D eigenvalue weighted by molar-refractivity contribution is 0.469. The summed E-state index contributed by atoms with van der Waals surface area (Å²) in [4.78, 5) is 8.86. The van der Waals surface area contributed by atoms with E-state index in [0.717, 1.165) is 24.7 Å². The number of hydrogen-bond donors (Lipinski definition) is 2. The van der Waals surface area contributed by atoms with Gasteiger partial charge in [-0.3, -0.25) is 0 Å². The summed E-state index contributed by atoms with van der Waals surface area (Å²) in [6.45, 7) is 0. The molecule has 27 heavy (non-hydrogen) atoms. The van der Waals surface area contributed by atoms with Crippen LogP contribution >= 0.6 is 0 Å². The van der Waals surface area contributed by atoms with Gasteiger partial charge >= 0.3 is 0 Å². The molecule has 4 aromatic rings. The van der Waals surface area contributed by atoms with E-state index in [9.17, 15) is 9.50 Å². The second kappa shape index (κ2) is 5.77. The van der Waals surface area contributed by atoms with Crippen LogP contribution in [0.25, 0.3) is 16.8 Å². The van der Waals surface area contributed by atoms with Crippen LogP contribution in [-0.4, -0.2) is 24.7 Å². The first-order valence-electron chi connectivity index (χ1n) is 8.68. The van der Waals surface area contributed by atoms with Gasteiger partial charge in [-0.1, -0.05) is 24.3 Å². The molecule has 0 bridgehead atoms. The highest BCUT2D eigenvalue weighted by Gasteiger charge is 2.30. The largest absolute Gasteiger partial charge is 0.508 e. The second-order valence-electron chi connectivity index (χ2n) is 6.71. The molecular formula is C20H16FN5O. The molecule has 1 atom stereocenters. The molecule has 0 amide bonds. The molecule has 134 valence electrons. The molecule has 0 radical (unpaired) electrons. The fourth-order valence-electron chi connectivity index (χ4n) is 3.94. The van der Waals surface area contributed by atoms with E-state index in [1.54, 1.807) is 4.52 Å². The topological polar surface area (TPSA) is 89.3 Å². The van der Waals surface area contributed by atoms with Crippen molar-refractivity contribution in [3.63, 3.8) is 0 Å². The summed E-state index contributed by atoms with van der Waals surface area (Å²) in [5.74, 6) is 0.346. The Morgan fingerprint density at radius 3 is 2.89 bits per heavy atom. The normalized spacial score (nSPS) is 16.0. The molecule has 1 aliphatic rings. The Morgan fingerprint density at radius 1 is 1.19 bits per heavy atom. The number of nitrogen functional groups attached to an aromatic ring is 1. The molecule has 2 aromatic heterocycles. The van der Waals surface area contributed by atoms with Crippen LogP contribution in [0.4, 0.5) is 10.2 Å². The van der Waals surface area contributed by atoms with Crippen molar-refractivity contribution >= 4 is 11.3 Å². The standard InChI is InChI=1S/C20H16FN5O/c21-13-7-12(8-14(27)9-13)17-18-19(22)23-10-24-26(18)20(25-17)16-6-5-11-3-1-2-4-15(11)16/h1-4,7-10,16,27H,5-6H2,(H2,22,23,24). The Balaban J connectivity index is 1.77. The second-order valence-corrected chi connectivity index (χ2v) is 6.71. The van der Waals surface area contributed by atoms with Crippen LogP contribution in [0.5, 0.6) is 5.75 Å². The van der Waals surface area contributed by atoms with Crippen LogP contribution in [0.1, 0.15) is 29.3 Å². The van der Waals surface area contributed by atoms with Gasteiger partial charge < -0.3 is 10.8 Å². The van der Waals surface area contributed by atoms with Gasteiger partial charge in [0, 0.05) is 17.5 Å². The number of rotatable bonds is 2. The van der Waals surface area contributed by atoms with Crippen LogP contribution in [0, 0.1) is 5.82 Å². The van der Waals surface area contributed by atoms with Gasteiger partial charge in [0.1, 0.15) is 34.9 Å². The van der Waals surface area contributed by atoms with E-state index >= 15 is 0 Å². The van der Waals surface area contributed by atoms with Crippen molar-refractivity contribution in [1.82, 2.24) is 19.6 Å². The molecular weight excluding hydrogens is 345 g/mol. The predicted molar refractivity (Wildman–Crippen MR) is 98.9 cm³/mol. The van der Waals surface area contributed by atoms with Crippen molar-refractivity contribution in [1.29, 1.82) is 0 Å². The van der Waals surface area contributed by atoms with E-state index in [2.05, 4.69) is 22.2 Å². The van der Waals surface area contributed by atoms with Crippen LogP contribution in [0.15, 0.2) is 48.8 Å². The molecule has 3 N–H and O–H groups in total. The number of aromatic hydroxyl groups is 1. The third-order valence-corrected chi connectivity index (χ3v) is 5.09. The van der Waals surface area contributed by atoms with Crippen molar-refractivity contribution in [2.24, 2.45) is 0 Å². The number of nitrogens with zero attached hydrogens (tertiary/aromatic N) is 4. The molecule has 2 aromatic carbocycles. The maximum atomic E-state index is 13.9. The van der Waals surface area contributed by atoms with Crippen molar-refractivity contribution in [2.45, 2.75) is 18.8 Å². The molecule has 0 fully saturated rings. The molecule has 0 aliphatic heterocycles. The lowest BCUT2D eigenvalue weighted by Crippen LogP contribution is -2.06. The van der Waals surface area contributed by atoms with Gasteiger partial charge in [-0.05, 0) is 36.1 Å². The number of aromatic nitrogens is 4. The zero-order valence-electron chi connectivity index (χ0n) is 14.3. The number of aryl methyl sites for hydroxylation is 1. The Kier molecular flexibility index (Phi) is 3.36. The summed E-state index contributed by atoms with van der Waals surface area (Å²) in [6, 6.07) is 12.1. The molecule has 7 heteroatoms. The first-order valence-corrected chi connectivity index (χ1v) is 8.68. The monoisotopic (exact) mass is 361 g/mol. The highest BCUT2D eigenvalue weighted by atomic mass is 19.1. The molecule has 0 saturated carbocycles. The molecule has 0 spiro atoms. The fraction of sp³-hybridized carbons (Fsp3) is 0.150. The SMILES string of the molecule is Nc1ncnn2c(C3CCc4ccccc43)nc(-c3cc(O)cc(F)c3)c12. The Labute approximate surface area is 154 Å². The van der Waals surface area contributed by atoms with Crippen molar-refractivity contribution in [3.05, 3.63) is 71.6 Å². The Hall–Kier alpha value is -3.48. The van der Waals surface area contributed by atoms with Crippen LogP contribution in [-0.2, 0) is 6.42 Å². The van der Waals surface area contributed by atoms with Gasteiger partial charge in [0.15, 0.2) is 5.82 Å². The highest BCUT2D eigenvalue weighted by Crippen LogP contribution is 2.40. The fourth-order valence-corrected chi connectivity index (χ4v) is 3.94. The highest BCUT2D eigenvalue weighted by molar-refractivity contribution is 5.85. The zero-order chi connectivity index (χ0) is 18.5. The number of fused-ring (bicyclic) bond motifs is 2. The minimum atomic E-state index is -0.547. The lowest BCUT2D eigenvalue weighted by Gasteiger charge is -2.09. The van der Waals surface area contributed by atoms with Crippen molar-refractivity contribution in [3.8, 4) is 17.0 Å². The predicted octanol–water partition coefficient (Wildman–Crippen LogP) is 3.30. The lowest BCUT2D eigenvalue weighted by atomic mass is 10.0. The third kappa shape index (κ3) is 2.43. The Morgan fingerprint density at radius 2 is 2.04 bits per heavy atom. The van der Waals surface area contributed by atoms with Gasteiger partial charge in [0.05, 0.1) is 0 Å². The van der Waals surface area contributed by atoms with Crippen LogP contribution < -0.4 is 5.73 Å². The number of phenolic OH excluding ortho intramolecular Hbond substituents is 1. The molecule has 6 nitrogen and oxygen atoms in total. The summed E-state index contributed by atoms with van der Waals surface area (Å²) >= 11 is 0. The summed E-state index contributed by atoms with van der Waals surface area (Å²) < 4.78 is 15.5. The number of imidazole rings is 1. The van der Waals surface area contributed by atoms with Crippen LogP contribution in [0.2, 0.25) is 0 Å². The maximum absolute atomic E-state index is 13.9. The van der Waals surface area contributed by atoms with Gasteiger partial charge in [-0.15, -0.1) is 0 Å². The molecule has 5 rings (SSSR count). The van der Waals surface area contributed by atoms with Gasteiger partial charge in [0.25, 0.3) is 0 Å². The average molecular weight is 361 g/mol. The first kappa shape index (κ1) is 15.7. The number of nitrogens with two attached hydrogens (primary N) is 1. The Bertz CT molecular complexity index is 1170. The number of anilines is 1. The number of hydrogen-bond acceptors (Lipinski definition) is 5. The average Bonchev–Trinajstić information content (AvgIpc) is 3.23. The van der Waals surface area contributed by atoms with Gasteiger partial charge in [-0.25, -0.2) is 18.9 Å². The maximum Gasteiger partial charge on any atom is 0.153 e. The summed E-state index contributed by atoms with van der Waals surface area (Å²) in [5, 5.41) is 14.2. The van der Waals surface area contributed by atoms with Crippen LogP contribution in [0.3, 0.4) is 0 Å². The van der Waals surface area contributed by atoms with Gasteiger partial charge in [-0.2, -0.15) is 5.10 Å². The summed E-state index contributed by atoms with van der Waals surface area (Å²) in [7, 11) is 0. The van der Waals surface area contributed by atoms with E-state index in [4.69, 9.17) is 10.7 Å². The van der Waals surface area contributed by atoms with E-state index in [1.165, 1.54) is 29.6 Å². The first-order chi connectivity index (χ1) is 13.1. The summed E-state index contributed by atoms with van der Waals surface area (Å²) in [5.41, 5.74) is 10.0. The minimum Gasteiger partial charge on any atom is -0.508 e. The third-order valence-electron chi connectivity index (χ3n) is 5.09. The van der Waals surface area contributed by atoms with Gasteiger partial charge in [0.2, 0.25) is 0 Å². The summed E-state index contributed by atoms with van der Waals surface area (Å²) in [6.07, 6.45) is 3.27. The van der Waals surface area contributed by atoms with Crippen molar-refractivity contribution in [2.75, 3.05) is 5.73 Å².